The Bertz CT molecular complexity index is 1060. The number of benzene rings is 2. The number of para-hydroxylation sites is 3. The van der Waals surface area contributed by atoms with Crippen molar-refractivity contribution in [2.75, 3.05) is 0 Å². The molecule has 0 radical (unpaired) electrons. The van der Waals surface area contributed by atoms with Crippen molar-refractivity contribution in [3.63, 3.8) is 0 Å². The first kappa shape index (κ1) is 14.8. The van der Waals surface area contributed by atoms with Crippen molar-refractivity contribution < 1.29 is 9.21 Å². The molecule has 0 unspecified atom stereocenters. The summed E-state index contributed by atoms with van der Waals surface area (Å²) in [5.74, 6) is -1.40. The van der Waals surface area contributed by atoms with E-state index in [1.807, 2.05) is 24.3 Å². The largest absolute Gasteiger partial charge is 0.439 e. The van der Waals surface area contributed by atoms with E-state index < -0.39 is 5.92 Å². The van der Waals surface area contributed by atoms with Gasteiger partial charge in [0.05, 0.1) is 11.8 Å². The molecule has 1 atom stereocenters. The summed E-state index contributed by atoms with van der Waals surface area (Å²) in [7, 11) is 0. The Morgan fingerprint density at radius 2 is 1.92 bits per heavy atom. The molecule has 0 N–H and O–H groups in total. The smallest absolute Gasteiger partial charge is 0.220 e. The van der Waals surface area contributed by atoms with E-state index in [0.717, 1.165) is 0 Å². The van der Waals surface area contributed by atoms with Crippen molar-refractivity contribution >= 4 is 16.9 Å². The number of rotatable bonds is 4. The molecule has 0 aliphatic carbocycles. The van der Waals surface area contributed by atoms with Crippen LogP contribution in [0.4, 0.5) is 0 Å². The zero-order chi connectivity index (χ0) is 17.2. The fourth-order valence-corrected chi connectivity index (χ4v) is 2.69. The Balaban J connectivity index is 1.78. The van der Waals surface area contributed by atoms with Crippen LogP contribution in [0.1, 0.15) is 22.2 Å². The molecule has 4 aromatic rings. The second kappa shape index (κ2) is 6.06. The number of nitrogens with zero attached hydrogens (tertiary/aromatic N) is 4. The number of carbonyl (C=O) groups excluding carboxylic acids is 1. The minimum absolute atomic E-state index is 0.101. The summed E-state index contributed by atoms with van der Waals surface area (Å²) in [4.78, 5) is 17.3. The maximum atomic E-state index is 13.0. The number of hydrogen-bond acceptors (Lipinski definition) is 5. The van der Waals surface area contributed by atoms with Crippen molar-refractivity contribution in [3.05, 3.63) is 78.4 Å². The van der Waals surface area contributed by atoms with Crippen LogP contribution in [0.15, 0.2) is 71.4 Å². The minimum Gasteiger partial charge on any atom is -0.439 e. The van der Waals surface area contributed by atoms with Gasteiger partial charge >= 0.3 is 0 Å². The molecule has 6 nitrogen and oxygen atoms in total. The van der Waals surface area contributed by atoms with Gasteiger partial charge in [0, 0.05) is 18.0 Å². The molecule has 2 aromatic heterocycles. The summed E-state index contributed by atoms with van der Waals surface area (Å²) in [6.45, 7) is 0. The Kier molecular flexibility index (Phi) is 3.60. The summed E-state index contributed by atoms with van der Waals surface area (Å²) in [6, 6.07) is 18.0. The van der Waals surface area contributed by atoms with E-state index in [1.165, 1.54) is 0 Å². The zero-order valence-corrected chi connectivity index (χ0v) is 13.0. The van der Waals surface area contributed by atoms with Crippen molar-refractivity contribution in [1.82, 2.24) is 14.8 Å². The van der Waals surface area contributed by atoms with E-state index >= 15 is 0 Å². The third kappa shape index (κ3) is 2.58. The second-order valence-electron chi connectivity index (χ2n) is 5.41. The molecule has 25 heavy (non-hydrogen) atoms. The first-order valence-corrected chi connectivity index (χ1v) is 7.66. The number of ketones is 1. The summed E-state index contributed by atoms with van der Waals surface area (Å²) < 4.78 is 7.21. The maximum Gasteiger partial charge on any atom is 0.220 e. The standard InChI is InChI=1S/C19H12N4O2/c20-12-14(19-22-15-7-2-4-9-17(15)25-19)18(24)13-6-1-3-8-16(13)23-11-5-10-21-23/h1-11,14H/t14-/m1/s1. The van der Waals surface area contributed by atoms with Crippen molar-refractivity contribution in [2.24, 2.45) is 0 Å². The lowest BCUT2D eigenvalue weighted by Crippen LogP contribution is -2.14. The van der Waals surface area contributed by atoms with Crippen LogP contribution in [0.3, 0.4) is 0 Å². The number of nitriles is 1. The molecule has 120 valence electrons. The van der Waals surface area contributed by atoms with Gasteiger partial charge in [0.1, 0.15) is 5.52 Å². The summed E-state index contributed by atoms with van der Waals surface area (Å²) in [5, 5.41) is 13.7. The molecule has 0 aliphatic heterocycles. The molecule has 0 aliphatic rings. The third-order valence-electron chi connectivity index (χ3n) is 3.87. The number of fused-ring (bicyclic) bond motifs is 1. The Labute approximate surface area is 142 Å². The summed E-state index contributed by atoms with van der Waals surface area (Å²) >= 11 is 0. The summed E-state index contributed by atoms with van der Waals surface area (Å²) in [5.41, 5.74) is 2.16. The topological polar surface area (TPSA) is 84.7 Å². The van der Waals surface area contributed by atoms with Crippen LogP contribution in [0.2, 0.25) is 0 Å². The molecule has 2 heterocycles. The molecule has 0 spiro atoms. The highest BCUT2D eigenvalue weighted by atomic mass is 16.3. The van der Waals surface area contributed by atoms with Crippen LogP contribution < -0.4 is 0 Å². The highest BCUT2D eigenvalue weighted by molar-refractivity contribution is 6.05. The van der Waals surface area contributed by atoms with Crippen LogP contribution in [0.25, 0.3) is 16.8 Å². The van der Waals surface area contributed by atoms with Crippen LogP contribution >= 0.6 is 0 Å². The molecular formula is C19H12N4O2. The minimum atomic E-state index is -1.12. The number of Topliss-reactive ketones (excluding diaryl/α,β-unsaturated/α-hetero) is 1. The van der Waals surface area contributed by atoms with Gasteiger partial charge in [0.25, 0.3) is 0 Å². The highest BCUT2D eigenvalue weighted by Crippen LogP contribution is 2.26. The Morgan fingerprint density at radius 3 is 2.68 bits per heavy atom. The molecule has 0 bridgehead atoms. The van der Waals surface area contributed by atoms with Gasteiger partial charge in [-0.05, 0) is 30.3 Å². The third-order valence-corrected chi connectivity index (χ3v) is 3.87. The lowest BCUT2D eigenvalue weighted by molar-refractivity contribution is 0.0970. The van der Waals surface area contributed by atoms with Gasteiger partial charge in [-0.3, -0.25) is 4.79 Å². The fourth-order valence-electron chi connectivity index (χ4n) is 2.69. The van der Waals surface area contributed by atoms with Gasteiger partial charge in [-0.25, -0.2) is 9.67 Å². The number of aromatic nitrogens is 3. The van der Waals surface area contributed by atoms with Crippen LogP contribution in [-0.2, 0) is 0 Å². The molecule has 0 saturated carbocycles. The van der Waals surface area contributed by atoms with E-state index in [4.69, 9.17) is 4.42 Å². The second-order valence-corrected chi connectivity index (χ2v) is 5.41. The monoisotopic (exact) mass is 328 g/mol. The van der Waals surface area contributed by atoms with Crippen LogP contribution in [0, 0.1) is 11.3 Å². The van der Waals surface area contributed by atoms with E-state index in [-0.39, 0.29) is 11.7 Å². The normalized spacial score (nSPS) is 12.0. The van der Waals surface area contributed by atoms with Gasteiger partial charge in [-0.2, -0.15) is 10.4 Å². The van der Waals surface area contributed by atoms with Crippen molar-refractivity contribution in [1.29, 1.82) is 5.26 Å². The molecule has 0 fully saturated rings. The van der Waals surface area contributed by atoms with Crippen molar-refractivity contribution in [3.8, 4) is 11.8 Å². The molecule has 0 amide bonds. The molecule has 0 saturated heterocycles. The van der Waals surface area contributed by atoms with Crippen LogP contribution in [-0.4, -0.2) is 20.5 Å². The maximum absolute atomic E-state index is 13.0. The Morgan fingerprint density at radius 1 is 1.12 bits per heavy atom. The number of hydrogen-bond donors (Lipinski definition) is 0. The van der Waals surface area contributed by atoms with E-state index in [1.54, 1.807) is 53.5 Å². The molecule has 2 aromatic carbocycles. The van der Waals surface area contributed by atoms with E-state index in [0.29, 0.717) is 22.4 Å². The lowest BCUT2D eigenvalue weighted by atomic mass is 9.97. The predicted molar refractivity (Wildman–Crippen MR) is 90.3 cm³/mol. The van der Waals surface area contributed by atoms with Gasteiger partial charge in [0.2, 0.25) is 5.89 Å². The number of oxazole rings is 1. The van der Waals surface area contributed by atoms with E-state index in [9.17, 15) is 10.1 Å². The first-order valence-electron chi connectivity index (χ1n) is 7.66. The average Bonchev–Trinajstić information content (AvgIpc) is 3.32. The SMILES string of the molecule is N#C[C@H](C(=O)c1ccccc1-n1cccn1)c1nc2ccccc2o1. The van der Waals surface area contributed by atoms with Gasteiger partial charge < -0.3 is 4.42 Å². The van der Waals surface area contributed by atoms with Crippen molar-refractivity contribution in [2.45, 2.75) is 5.92 Å². The average molecular weight is 328 g/mol. The van der Waals surface area contributed by atoms with Crippen LogP contribution in [0.5, 0.6) is 0 Å². The number of carbonyl (C=O) groups is 1. The molecular weight excluding hydrogens is 316 g/mol. The molecule has 4 rings (SSSR count). The van der Waals surface area contributed by atoms with Gasteiger partial charge in [-0.1, -0.05) is 24.3 Å². The Hall–Kier alpha value is -3.72. The first-order chi connectivity index (χ1) is 12.3. The fraction of sp³-hybridized carbons (Fsp3) is 0.0526. The highest BCUT2D eigenvalue weighted by Gasteiger charge is 2.29. The van der Waals surface area contributed by atoms with Gasteiger partial charge in [-0.15, -0.1) is 0 Å². The quantitative estimate of drug-likeness (QED) is 0.535. The lowest BCUT2D eigenvalue weighted by Gasteiger charge is -2.10. The molecule has 6 heteroatoms. The predicted octanol–water partition coefficient (Wildman–Crippen LogP) is 3.50. The van der Waals surface area contributed by atoms with Gasteiger partial charge in [0.15, 0.2) is 17.3 Å². The summed E-state index contributed by atoms with van der Waals surface area (Å²) in [6.07, 6.45) is 3.37. The zero-order valence-electron chi connectivity index (χ0n) is 13.0. The van der Waals surface area contributed by atoms with E-state index in [2.05, 4.69) is 10.1 Å².